The minimum atomic E-state index is -1.60. The second-order valence-electron chi connectivity index (χ2n) is 6.42. The van der Waals surface area contributed by atoms with Gasteiger partial charge in [-0.25, -0.2) is 13.2 Å². The minimum Gasteiger partial charge on any atom is -0.381 e. The third-order valence-corrected chi connectivity index (χ3v) is 6.02. The maximum Gasteiger partial charge on any atom is 0.270 e. The number of fused-ring (bicyclic) bond motifs is 1. The van der Waals surface area contributed by atoms with Gasteiger partial charge >= 0.3 is 0 Å². The molecule has 2 aromatic rings. The number of hydrogen-bond acceptors (Lipinski definition) is 4. The molecule has 3 heterocycles. The van der Waals surface area contributed by atoms with Crippen LogP contribution in [0.1, 0.15) is 35.3 Å². The summed E-state index contributed by atoms with van der Waals surface area (Å²) in [4.78, 5) is 24.8. The van der Waals surface area contributed by atoms with Crippen molar-refractivity contribution >= 4 is 23.5 Å². The molecule has 4 rings (SSSR count). The molecule has 0 spiro atoms. The number of carbonyl (C=O) groups is 1. The van der Waals surface area contributed by atoms with Gasteiger partial charge in [-0.3, -0.25) is 19.4 Å². The number of hydrogen-bond donors (Lipinski definition) is 2. The molecular weight excluding hydrogens is 383 g/mol. The van der Waals surface area contributed by atoms with Gasteiger partial charge in [0.1, 0.15) is 5.82 Å². The topological polar surface area (TPSA) is 76.1 Å². The summed E-state index contributed by atoms with van der Waals surface area (Å²) in [5.41, 5.74) is -0.547. The number of thioether (sulfide) groups is 1. The molecule has 2 aliphatic heterocycles. The smallest absolute Gasteiger partial charge is 0.270 e. The van der Waals surface area contributed by atoms with Crippen molar-refractivity contribution in [1.82, 2.24) is 9.78 Å². The second kappa shape index (κ2) is 7.08. The molecular formula is C17H16F3N3O3S. The number of H-pyrrole nitrogens is 1. The summed E-state index contributed by atoms with van der Waals surface area (Å²) < 4.78 is 48.4. The minimum absolute atomic E-state index is 0.0506. The van der Waals surface area contributed by atoms with Gasteiger partial charge in [-0.15, -0.1) is 11.8 Å². The molecule has 0 bridgehead atoms. The fourth-order valence-electron chi connectivity index (χ4n) is 3.45. The Balaban J connectivity index is 1.86. The van der Waals surface area contributed by atoms with Crippen molar-refractivity contribution in [3.05, 3.63) is 51.1 Å². The Labute approximate surface area is 156 Å². The Hall–Kier alpha value is -2.20. The standard InChI is InChI=1S/C17H16F3N3O3S/c18-10-2-1-9(13(19)14(10)20)15-12-16(21-11(24)7-27-15)23(22-17(12)25)8-3-5-26-6-4-8/h1-2,8,15H,3-7H2,(H,21,24)(H,22,25). The molecule has 6 nitrogen and oxygen atoms in total. The molecule has 2 aliphatic rings. The van der Waals surface area contributed by atoms with Gasteiger partial charge in [0.15, 0.2) is 17.5 Å². The lowest BCUT2D eigenvalue weighted by atomic mass is 10.0. The number of benzene rings is 1. The van der Waals surface area contributed by atoms with Crippen molar-refractivity contribution in [3.63, 3.8) is 0 Å². The summed E-state index contributed by atoms with van der Waals surface area (Å²) in [5.74, 6) is -4.42. The quantitative estimate of drug-likeness (QED) is 0.762. The van der Waals surface area contributed by atoms with Gasteiger partial charge in [0.2, 0.25) is 5.91 Å². The summed E-state index contributed by atoms with van der Waals surface area (Å²) in [5, 5.41) is 4.46. The molecule has 0 aliphatic carbocycles. The van der Waals surface area contributed by atoms with E-state index >= 15 is 0 Å². The number of carbonyl (C=O) groups excluding carboxylic acids is 1. The largest absolute Gasteiger partial charge is 0.381 e. The summed E-state index contributed by atoms with van der Waals surface area (Å²) in [6.45, 7) is 1.03. The summed E-state index contributed by atoms with van der Waals surface area (Å²) >= 11 is 0.992. The van der Waals surface area contributed by atoms with Crippen LogP contribution in [0.3, 0.4) is 0 Å². The van der Waals surface area contributed by atoms with Crippen LogP contribution >= 0.6 is 11.8 Å². The molecule has 2 N–H and O–H groups in total. The predicted octanol–water partition coefficient (Wildman–Crippen LogP) is 2.72. The van der Waals surface area contributed by atoms with Crippen LogP contribution in [0.2, 0.25) is 0 Å². The Morgan fingerprint density at radius 3 is 2.59 bits per heavy atom. The van der Waals surface area contributed by atoms with E-state index in [1.807, 2.05) is 0 Å². The first kappa shape index (κ1) is 18.2. The van der Waals surface area contributed by atoms with Crippen molar-refractivity contribution in [2.75, 3.05) is 24.3 Å². The van der Waals surface area contributed by atoms with Gasteiger partial charge in [-0.2, -0.15) is 0 Å². The van der Waals surface area contributed by atoms with Crippen LogP contribution in [0, 0.1) is 17.5 Å². The van der Waals surface area contributed by atoms with Crippen molar-refractivity contribution in [2.24, 2.45) is 0 Å². The van der Waals surface area contributed by atoms with Crippen molar-refractivity contribution < 1.29 is 22.7 Å². The number of anilines is 1. The third-order valence-electron chi connectivity index (χ3n) is 4.77. The average molecular weight is 399 g/mol. The Kier molecular flexibility index (Phi) is 4.77. The SMILES string of the molecule is O=C1CSC(c2ccc(F)c(F)c2F)c2c(n(C3CCOCC3)[nH]c2=O)N1. The highest BCUT2D eigenvalue weighted by Gasteiger charge is 2.34. The van der Waals surface area contributed by atoms with Crippen LogP contribution in [-0.4, -0.2) is 34.7 Å². The van der Waals surface area contributed by atoms with E-state index in [1.54, 1.807) is 4.68 Å². The van der Waals surface area contributed by atoms with Crippen molar-refractivity contribution in [1.29, 1.82) is 0 Å². The second-order valence-corrected chi connectivity index (χ2v) is 7.51. The van der Waals surface area contributed by atoms with Crippen LogP contribution in [0.25, 0.3) is 0 Å². The zero-order valence-electron chi connectivity index (χ0n) is 14.1. The molecule has 1 aromatic heterocycles. The molecule has 0 radical (unpaired) electrons. The molecule has 1 atom stereocenters. The van der Waals surface area contributed by atoms with Gasteiger partial charge in [0, 0.05) is 18.8 Å². The number of ether oxygens (including phenoxy) is 1. The Morgan fingerprint density at radius 2 is 1.85 bits per heavy atom. The van der Waals surface area contributed by atoms with Crippen LogP contribution < -0.4 is 10.9 Å². The van der Waals surface area contributed by atoms with Crippen molar-refractivity contribution in [2.45, 2.75) is 24.1 Å². The Bertz CT molecular complexity index is 953. The highest BCUT2D eigenvalue weighted by molar-refractivity contribution is 8.00. The van der Waals surface area contributed by atoms with E-state index < -0.39 is 28.3 Å². The molecule has 0 saturated carbocycles. The molecule has 10 heteroatoms. The molecule has 144 valence electrons. The zero-order valence-corrected chi connectivity index (χ0v) is 14.9. The first-order valence-corrected chi connectivity index (χ1v) is 9.49. The summed E-state index contributed by atoms with van der Waals surface area (Å²) in [6, 6.07) is 1.84. The van der Waals surface area contributed by atoms with E-state index in [2.05, 4.69) is 10.4 Å². The number of nitrogens with one attached hydrogen (secondary N) is 2. The lowest BCUT2D eigenvalue weighted by Gasteiger charge is -2.25. The number of halogens is 3. The maximum absolute atomic E-state index is 14.4. The predicted molar refractivity (Wildman–Crippen MR) is 93.4 cm³/mol. The fraction of sp³-hybridized carbons (Fsp3) is 0.412. The molecule has 1 saturated heterocycles. The van der Waals surface area contributed by atoms with Crippen LogP contribution in [0.5, 0.6) is 0 Å². The van der Waals surface area contributed by atoms with Crippen molar-refractivity contribution in [3.8, 4) is 0 Å². The van der Waals surface area contributed by atoms with E-state index in [9.17, 15) is 22.8 Å². The van der Waals surface area contributed by atoms with Crippen LogP contribution in [0.4, 0.5) is 19.0 Å². The lowest BCUT2D eigenvalue weighted by molar-refractivity contribution is -0.113. The van der Waals surface area contributed by atoms with E-state index in [-0.39, 0.29) is 34.6 Å². The van der Waals surface area contributed by atoms with Gasteiger partial charge in [-0.1, -0.05) is 6.07 Å². The summed E-state index contributed by atoms with van der Waals surface area (Å²) in [6.07, 6.45) is 1.29. The summed E-state index contributed by atoms with van der Waals surface area (Å²) in [7, 11) is 0. The van der Waals surface area contributed by atoms with Gasteiger partial charge in [0.05, 0.1) is 22.6 Å². The zero-order chi connectivity index (χ0) is 19.1. The number of nitrogens with zero attached hydrogens (tertiary/aromatic N) is 1. The molecule has 1 amide bonds. The normalized spacial score (nSPS) is 20.9. The molecule has 27 heavy (non-hydrogen) atoms. The number of rotatable bonds is 2. The molecule has 1 fully saturated rings. The number of aromatic amines is 1. The van der Waals surface area contributed by atoms with Gasteiger partial charge < -0.3 is 10.1 Å². The van der Waals surface area contributed by atoms with Gasteiger partial charge in [-0.05, 0) is 18.9 Å². The van der Waals surface area contributed by atoms with E-state index in [0.29, 0.717) is 26.1 Å². The molecule has 1 aromatic carbocycles. The maximum atomic E-state index is 14.4. The Morgan fingerprint density at radius 1 is 1.11 bits per heavy atom. The van der Waals surface area contributed by atoms with Gasteiger partial charge in [0.25, 0.3) is 5.56 Å². The van der Waals surface area contributed by atoms with Crippen LogP contribution in [-0.2, 0) is 9.53 Å². The van der Waals surface area contributed by atoms with E-state index in [1.165, 1.54) is 0 Å². The fourth-order valence-corrected chi connectivity index (χ4v) is 4.59. The van der Waals surface area contributed by atoms with E-state index in [0.717, 1.165) is 23.9 Å². The lowest BCUT2D eigenvalue weighted by Crippen LogP contribution is -2.24. The number of amides is 1. The highest BCUT2D eigenvalue weighted by Crippen LogP contribution is 2.42. The van der Waals surface area contributed by atoms with E-state index in [4.69, 9.17) is 4.74 Å². The average Bonchev–Trinajstić information content (AvgIpc) is 2.87. The monoisotopic (exact) mass is 399 g/mol. The first-order chi connectivity index (χ1) is 13.0. The van der Waals surface area contributed by atoms with Crippen LogP contribution in [0.15, 0.2) is 16.9 Å². The third kappa shape index (κ3) is 3.16. The number of aromatic nitrogens is 2. The first-order valence-electron chi connectivity index (χ1n) is 8.44. The molecule has 1 unspecified atom stereocenters. The highest BCUT2D eigenvalue weighted by atomic mass is 32.2.